The molecule has 0 saturated carbocycles. The Morgan fingerprint density at radius 2 is 2.25 bits per heavy atom. The SMILES string of the molecule is CCOC(=O)c1cc(N(C)C(C)CC#N)c(F)cc1N. The standard InChI is InChI=1S/C14H18FN3O2/c1-4-20-14(19)10-7-13(11(15)8-12(10)17)18(3)9(2)5-6-16/h7-9H,4-5,17H2,1-3H3. The van der Waals surface area contributed by atoms with Crippen molar-refractivity contribution in [3.8, 4) is 6.07 Å². The highest BCUT2D eigenvalue weighted by Crippen LogP contribution is 2.27. The van der Waals surface area contributed by atoms with E-state index in [0.717, 1.165) is 6.07 Å². The third-order valence-corrected chi connectivity index (χ3v) is 3.04. The van der Waals surface area contributed by atoms with Crippen LogP contribution in [0.2, 0.25) is 0 Å². The van der Waals surface area contributed by atoms with Crippen LogP contribution in [0.1, 0.15) is 30.6 Å². The van der Waals surface area contributed by atoms with E-state index in [1.807, 2.05) is 6.07 Å². The third kappa shape index (κ3) is 3.38. The number of benzene rings is 1. The van der Waals surface area contributed by atoms with Crippen molar-refractivity contribution in [2.45, 2.75) is 26.3 Å². The Bertz CT molecular complexity index is 540. The van der Waals surface area contributed by atoms with Gasteiger partial charge >= 0.3 is 5.97 Å². The van der Waals surface area contributed by atoms with E-state index in [0.29, 0.717) is 0 Å². The minimum atomic E-state index is -0.590. The van der Waals surface area contributed by atoms with Crippen molar-refractivity contribution in [3.05, 3.63) is 23.5 Å². The largest absolute Gasteiger partial charge is 0.462 e. The molecule has 20 heavy (non-hydrogen) atoms. The minimum absolute atomic E-state index is 0.0334. The molecule has 108 valence electrons. The molecule has 0 aliphatic carbocycles. The first-order chi connectivity index (χ1) is 9.42. The fraction of sp³-hybridized carbons (Fsp3) is 0.429. The first-order valence-electron chi connectivity index (χ1n) is 6.28. The molecule has 0 spiro atoms. The molecule has 0 aliphatic rings. The number of anilines is 2. The molecule has 0 bridgehead atoms. The van der Waals surface area contributed by atoms with Crippen molar-refractivity contribution in [1.29, 1.82) is 5.26 Å². The second kappa shape index (κ2) is 6.75. The number of hydrogen-bond donors (Lipinski definition) is 1. The molecular weight excluding hydrogens is 261 g/mol. The molecule has 0 amide bonds. The molecule has 2 N–H and O–H groups in total. The Hall–Kier alpha value is -2.29. The number of nitrogens with two attached hydrogens (primary N) is 1. The van der Waals surface area contributed by atoms with E-state index >= 15 is 0 Å². The Morgan fingerprint density at radius 3 is 2.80 bits per heavy atom. The number of nitrogen functional groups attached to an aromatic ring is 1. The summed E-state index contributed by atoms with van der Waals surface area (Å²) in [5.41, 5.74) is 6.02. The number of nitrogens with zero attached hydrogens (tertiary/aromatic N) is 2. The number of halogens is 1. The van der Waals surface area contributed by atoms with Gasteiger partial charge in [-0.1, -0.05) is 0 Å². The number of hydrogen-bond acceptors (Lipinski definition) is 5. The summed E-state index contributed by atoms with van der Waals surface area (Å²) in [6, 6.07) is 4.29. The molecular formula is C14H18FN3O2. The van der Waals surface area contributed by atoms with Crippen LogP contribution in [0.5, 0.6) is 0 Å². The maximum Gasteiger partial charge on any atom is 0.340 e. The van der Waals surface area contributed by atoms with Crippen molar-refractivity contribution in [1.82, 2.24) is 0 Å². The van der Waals surface area contributed by atoms with Gasteiger partial charge in [0.05, 0.1) is 30.3 Å². The van der Waals surface area contributed by atoms with Gasteiger partial charge < -0.3 is 15.4 Å². The summed E-state index contributed by atoms with van der Waals surface area (Å²) in [4.78, 5) is 13.3. The van der Waals surface area contributed by atoms with Gasteiger partial charge in [-0.05, 0) is 26.0 Å². The van der Waals surface area contributed by atoms with Crippen LogP contribution < -0.4 is 10.6 Å². The molecule has 0 aromatic heterocycles. The summed E-state index contributed by atoms with van der Waals surface area (Å²) in [5, 5.41) is 8.69. The number of rotatable bonds is 5. The molecule has 1 aromatic rings. The first-order valence-corrected chi connectivity index (χ1v) is 6.28. The quantitative estimate of drug-likeness (QED) is 0.661. The van der Waals surface area contributed by atoms with E-state index in [9.17, 15) is 9.18 Å². The summed E-state index contributed by atoms with van der Waals surface area (Å²) in [5.74, 6) is -1.13. The molecule has 6 heteroatoms. The van der Waals surface area contributed by atoms with Crippen LogP contribution in [-0.4, -0.2) is 25.7 Å². The topological polar surface area (TPSA) is 79.3 Å². The fourth-order valence-electron chi connectivity index (χ4n) is 1.74. The number of esters is 1. The molecule has 1 aromatic carbocycles. The number of ether oxygens (including phenoxy) is 1. The van der Waals surface area contributed by atoms with Gasteiger partial charge in [0.15, 0.2) is 0 Å². The van der Waals surface area contributed by atoms with Crippen LogP contribution in [0.3, 0.4) is 0 Å². The second-order valence-corrected chi connectivity index (χ2v) is 4.43. The molecule has 0 fully saturated rings. The monoisotopic (exact) mass is 279 g/mol. The van der Waals surface area contributed by atoms with Crippen LogP contribution in [0, 0.1) is 17.1 Å². The van der Waals surface area contributed by atoms with Crippen LogP contribution in [0.4, 0.5) is 15.8 Å². The highest BCUT2D eigenvalue weighted by molar-refractivity contribution is 5.96. The molecule has 0 heterocycles. The summed E-state index contributed by atoms with van der Waals surface area (Å²) >= 11 is 0. The highest BCUT2D eigenvalue weighted by Gasteiger charge is 2.19. The van der Waals surface area contributed by atoms with Gasteiger partial charge in [-0.2, -0.15) is 5.26 Å². The zero-order chi connectivity index (χ0) is 15.3. The molecule has 1 unspecified atom stereocenters. The molecule has 0 radical (unpaired) electrons. The number of nitriles is 1. The maximum atomic E-state index is 14.0. The van der Waals surface area contributed by atoms with E-state index in [-0.39, 0.29) is 36.0 Å². The predicted molar refractivity (Wildman–Crippen MR) is 74.9 cm³/mol. The zero-order valence-electron chi connectivity index (χ0n) is 11.8. The first kappa shape index (κ1) is 15.8. The Morgan fingerprint density at radius 1 is 1.60 bits per heavy atom. The summed E-state index contributed by atoms with van der Waals surface area (Å²) < 4.78 is 18.9. The van der Waals surface area contributed by atoms with Crippen LogP contribution in [-0.2, 0) is 4.74 Å². The van der Waals surface area contributed by atoms with E-state index < -0.39 is 11.8 Å². The van der Waals surface area contributed by atoms with Gasteiger partial charge in [0.25, 0.3) is 0 Å². The lowest BCUT2D eigenvalue weighted by Crippen LogP contribution is -2.29. The van der Waals surface area contributed by atoms with Crippen molar-refractivity contribution in [2.75, 3.05) is 24.3 Å². The lowest BCUT2D eigenvalue weighted by Gasteiger charge is -2.26. The summed E-state index contributed by atoms with van der Waals surface area (Å²) in [7, 11) is 1.66. The van der Waals surface area contributed by atoms with Gasteiger partial charge in [0, 0.05) is 18.8 Å². The zero-order valence-corrected chi connectivity index (χ0v) is 11.8. The van der Waals surface area contributed by atoms with E-state index in [2.05, 4.69) is 0 Å². The molecule has 1 atom stereocenters. The minimum Gasteiger partial charge on any atom is -0.462 e. The molecule has 1 rings (SSSR count). The molecule has 0 saturated heterocycles. The average Bonchev–Trinajstić information content (AvgIpc) is 2.38. The van der Waals surface area contributed by atoms with Gasteiger partial charge in [0.1, 0.15) is 5.82 Å². The summed E-state index contributed by atoms with van der Waals surface area (Å²) in [6.07, 6.45) is 0.245. The Balaban J connectivity index is 3.18. The normalized spacial score (nSPS) is 11.6. The van der Waals surface area contributed by atoms with Gasteiger partial charge in [0.2, 0.25) is 0 Å². The molecule has 5 nitrogen and oxygen atoms in total. The van der Waals surface area contributed by atoms with Crippen LogP contribution in [0.15, 0.2) is 12.1 Å². The lowest BCUT2D eigenvalue weighted by atomic mass is 10.1. The lowest BCUT2D eigenvalue weighted by molar-refractivity contribution is 0.0527. The maximum absolute atomic E-state index is 14.0. The number of carbonyl (C=O) groups excluding carboxylic acids is 1. The van der Waals surface area contributed by atoms with Gasteiger partial charge in [-0.25, -0.2) is 9.18 Å². The smallest absolute Gasteiger partial charge is 0.340 e. The highest BCUT2D eigenvalue weighted by atomic mass is 19.1. The Labute approximate surface area is 117 Å². The van der Waals surface area contributed by atoms with E-state index in [1.54, 1.807) is 25.8 Å². The number of carbonyl (C=O) groups is 1. The van der Waals surface area contributed by atoms with Crippen molar-refractivity contribution >= 4 is 17.3 Å². The molecule has 0 aliphatic heterocycles. The van der Waals surface area contributed by atoms with Gasteiger partial charge in [-0.3, -0.25) is 0 Å². The fourth-order valence-corrected chi connectivity index (χ4v) is 1.74. The average molecular weight is 279 g/mol. The summed E-state index contributed by atoms with van der Waals surface area (Å²) in [6.45, 7) is 3.69. The second-order valence-electron chi connectivity index (χ2n) is 4.43. The predicted octanol–water partition coefficient (Wildman–Crippen LogP) is 2.32. The van der Waals surface area contributed by atoms with Gasteiger partial charge in [-0.15, -0.1) is 0 Å². The third-order valence-electron chi connectivity index (χ3n) is 3.04. The van der Waals surface area contributed by atoms with Crippen molar-refractivity contribution < 1.29 is 13.9 Å². The van der Waals surface area contributed by atoms with Crippen LogP contribution in [0.25, 0.3) is 0 Å². The van der Waals surface area contributed by atoms with E-state index in [4.69, 9.17) is 15.7 Å². The Kier molecular flexibility index (Phi) is 5.32. The van der Waals surface area contributed by atoms with Crippen molar-refractivity contribution in [3.63, 3.8) is 0 Å². The van der Waals surface area contributed by atoms with Crippen molar-refractivity contribution in [2.24, 2.45) is 0 Å². The van der Waals surface area contributed by atoms with Crippen LogP contribution >= 0.6 is 0 Å². The van der Waals surface area contributed by atoms with E-state index in [1.165, 1.54) is 6.07 Å².